The summed E-state index contributed by atoms with van der Waals surface area (Å²) in [7, 11) is 1.82. The van der Waals surface area contributed by atoms with Crippen molar-refractivity contribution in [1.29, 1.82) is 0 Å². The number of halogens is 2. The maximum atomic E-state index is 12.5. The quantitative estimate of drug-likeness (QED) is 0.784. The zero-order valence-corrected chi connectivity index (χ0v) is 9.08. The Hall–Kier alpha value is -0.970. The van der Waals surface area contributed by atoms with Crippen molar-refractivity contribution in [2.45, 2.75) is 32.2 Å². The standard InChI is InChI=1S/C10H17F2N3/c1-3-13-9(10(11)12)5-4-8-6-14-15(2)7-8/h6-7,9-10,13H,3-5H2,1-2H3. The van der Waals surface area contributed by atoms with E-state index in [1.807, 2.05) is 20.2 Å². The highest BCUT2D eigenvalue weighted by atomic mass is 19.3. The zero-order chi connectivity index (χ0) is 11.3. The lowest BCUT2D eigenvalue weighted by molar-refractivity contribution is 0.0951. The smallest absolute Gasteiger partial charge is 0.253 e. The lowest BCUT2D eigenvalue weighted by atomic mass is 10.1. The number of nitrogens with zero attached hydrogens (tertiary/aromatic N) is 2. The van der Waals surface area contributed by atoms with Crippen LogP contribution in [0, 0.1) is 0 Å². The van der Waals surface area contributed by atoms with E-state index >= 15 is 0 Å². The highest BCUT2D eigenvalue weighted by molar-refractivity contribution is 5.04. The normalized spacial score (nSPS) is 13.4. The van der Waals surface area contributed by atoms with Crippen LogP contribution in [0.3, 0.4) is 0 Å². The summed E-state index contributed by atoms with van der Waals surface area (Å²) >= 11 is 0. The maximum absolute atomic E-state index is 12.5. The molecule has 0 aliphatic carbocycles. The molecule has 1 rings (SSSR count). The number of alkyl halides is 2. The molecule has 1 heterocycles. The molecule has 1 unspecified atom stereocenters. The molecule has 0 aromatic carbocycles. The molecule has 0 aliphatic heterocycles. The van der Waals surface area contributed by atoms with Gasteiger partial charge in [0.15, 0.2) is 0 Å². The topological polar surface area (TPSA) is 29.9 Å². The van der Waals surface area contributed by atoms with E-state index in [1.54, 1.807) is 10.9 Å². The van der Waals surface area contributed by atoms with Gasteiger partial charge in [-0.3, -0.25) is 4.68 Å². The molecule has 0 amide bonds. The van der Waals surface area contributed by atoms with Crippen LogP contribution in [0.25, 0.3) is 0 Å². The third-order valence-corrected chi connectivity index (χ3v) is 2.27. The largest absolute Gasteiger partial charge is 0.309 e. The van der Waals surface area contributed by atoms with Crippen LogP contribution < -0.4 is 5.32 Å². The van der Waals surface area contributed by atoms with E-state index in [0.717, 1.165) is 5.56 Å². The highest BCUT2D eigenvalue weighted by Crippen LogP contribution is 2.09. The highest BCUT2D eigenvalue weighted by Gasteiger charge is 2.18. The third kappa shape index (κ3) is 3.95. The van der Waals surface area contributed by atoms with Gasteiger partial charge in [-0.2, -0.15) is 5.10 Å². The Morgan fingerprint density at radius 2 is 2.27 bits per heavy atom. The van der Waals surface area contributed by atoms with Crippen LogP contribution in [0.4, 0.5) is 8.78 Å². The molecule has 15 heavy (non-hydrogen) atoms. The Morgan fingerprint density at radius 1 is 1.53 bits per heavy atom. The van der Waals surface area contributed by atoms with Gasteiger partial charge in [0.05, 0.1) is 12.2 Å². The first-order chi connectivity index (χ1) is 7.13. The van der Waals surface area contributed by atoms with Gasteiger partial charge in [0, 0.05) is 13.2 Å². The van der Waals surface area contributed by atoms with Crippen LogP contribution >= 0.6 is 0 Å². The van der Waals surface area contributed by atoms with Crippen LogP contribution in [0.2, 0.25) is 0 Å². The minimum atomic E-state index is -2.30. The zero-order valence-electron chi connectivity index (χ0n) is 9.08. The van der Waals surface area contributed by atoms with Crippen molar-refractivity contribution >= 4 is 0 Å². The number of aromatic nitrogens is 2. The Bertz CT molecular complexity index is 286. The van der Waals surface area contributed by atoms with E-state index in [-0.39, 0.29) is 0 Å². The average Bonchev–Trinajstić information content (AvgIpc) is 2.58. The SMILES string of the molecule is CCNC(CCc1cnn(C)c1)C(F)F. The molecule has 0 saturated heterocycles. The average molecular weight is 217 g/mol. The summed E-state index contributed by atoms with van der Waals surface area (Å²) in [5.74, 6) is 0. The van der Waals surface area contributed by atoms with Crippen molar-refractivity contribution in [2.75, 3.05) is 6.54 Å². The summed E-state index contributed by atoms with van der Waals surface area (Å²) in [6, 6.07) is -0.713. The van der Waals surface area contributed by atoms with Gasteiger partial charge in [-0.25, -0.2) is 8.78 Å². The van der Waals surface area contributed by atoms with Gasteiger partial charge in [0.25, 0.3) is 6.43 Å². The molecule has 5 heteroatoms. The van der Waals surface area contributed by atoms with Gasteiger partial charge < -0.3 is 5.32 Å². The Balaban J connectivity index is 2.39. The van der Waals surface area contributed by atoms with Crippen molar-refractivity contribution in [2.24, 2.45) is 7.05 Å². The summed E-state index contributed by atoms with van der Waals surface area (Å²) in [4.78, 5) is 0. The van der Waals surface area contributed by atoms with Gasteiger partial charge >= 0.3 is 0 Å². The summed E-state index contributed by atoms with van der Waals surface area (Å²) < 4.78 is 26.7. The number of hydrogen-bond acceptors (Lipinski definition) is 2. The fourth-order valence-electron chi connectivity index (χ4n) is 1.50. The molecule has 0 bridgehead atoms. The molecule has 1 N–H and O–H groups in total. The lowest BCUT2D eigenvalue weighted by Gasteiger charge is -2.15. The molecule has 0 saturated carbocycles. The molecule has 0 spiro atoms. The second kappa shape index (κ2) is 5.80. The Labute approximate surface area is 88.5 Å². The van der Waals surface area contributed by atoms with Gasteiger partial charge in [-0.1, -0.05) is 6.92 Å². The van der Waals surface area contributed by atoms with E-state index < -0.39 is 12.5 Å². The van der Waals surface area contributed by atoms with Crippen molar-refractivity contribution in [1.82, 2.24) is 15.1 Å². The van der Waals surface area contributed by atoms with Gasteiger partial charge in [0.2, 0.25) is 0 Å². The summed E-state index contributed by atoms with van der Waals surface area (Å²) in [5, 5.41) is 6.78. The van der Waals surface area contributed by atoms with Crippen molar-refractivity contribution < 1.29 is 8.78 Å². The predicted octanol–water partition coefficient (Wildman–Crippen LogP) is 1.60. The van der Waals surface area contributed by atoms with E-state index in [2.05, 4.69) is 10.4 Å². The van der Waals surface area contributed by atoms with E-state index in [4.69, 9.17) is 0 Å². The Kier molecular flexibility index (Phi) is 4.68. The second-order valence-electron chi connectivity index (χ2n) is 3.56. The first kappa shape index (κ1) is 12.1. The lowest BCUT2D eigenvalue weighted by Crippen LogP contribution is -2.35. The fraction of sp³-hybridized carbons (Fsp3) is 0.700. The number of aryl methyl sites for hydroxylation is 2. The van der Waals surface area contributed by atoms with E-state index in [0.29, 0.717) is 19.4 Å². The molecule has 1 aromatic heterocycles. The van der Waals surface area contributed by atoms with Crippen LogP contribution in [0.1, 0.15) is 18.9 Å². The summed E-state index contributed by atoms with van der Waals surface area (Å²) in [6.45, 7) is 2.40. The molecule has 0 aliphatic rings. The third-order valence-electron chi connectivity index (χ3n) is 2.27. The van der Waals surface area contributed by atoms with E-state index in [9.17, 15) is 8.78 Å². The molecule has 1 atom stereocenters. The van der Waals surface area contributed by atoms with Crippen molar-refractivity contribution in [3.8, 4) is 0 Å². The van der Waals surface area contributed by atoms with Gasteiger partial charge in [-0.05, 0) is 24.9 Å². The van der Waals surface area contributed by atoms with Gasteiger partial charge in [0.1, 0.15) is 0 Å². The molecule has 86 valence electrons. The molecular weight excluding hydrogens is 200 g/mol. The summed E-state index contributed by atoms with van der Waals surface area (Å²) in [6.07, 6.45) is 2.34. The number of hydrogen-bond donors (Lipinski definition) is 1. The Morgan fingerprint density at radius 3 is 2.73 bits per heavy atom. The van der Waals surface area contributed by atoms with Gasteiger partial charge in [-0.15, -0.1) is 0 Å². The first-order valence-corrected chi connectivity index (χ1v) is 5.12. The van der Waals surface area contributed by atoms with Crippen molar-refractivity contribution in [3.63, 3.8) is 0 Å². The summed E-state index contributed by atoms with van der Waals surface area (Å²) in [5.41, 5.74) is 1.00. The first-order valence-electron chi connectivity index (χ1n) is 5.12. The second-order valence-corrected chi connectivity index (χ2v) is 3.56. The van der Waals surface area contributed by atoms with Crippen LogP contribution in [-0.4, -0.2) is 28.8 Å². The van der Waals surface area contributed by atoms with Crippen LogP contribution in [0.15, 0.2) is 12.4 Å². The minimum absolute atomic E-state index is 0.442. The maximum Gasteiger partial charge on any atom is 0.253 e. The molecular formula is C10H17F2N3. The monoisotopic (exact) mass is 217 g/mol. The molecule has 3 nitrogen and oxygen atoms in total. The number of rotatable bonds is 6. The van der Waals surface area contributed by atoms with Crippen molar-refractivity contribution in [3.05, 3.63) is 18.0 Å². The predicted molar refractivity (Wildman–Crippen MR) is 55.0 cm³/mol. The minimum Gasteiger partial charge on any atom is -0.309 e. The van der Waals surface area contributed by atoms with Crippen LogP contribution in [-0.2, 0) is 13.5 Å². The number of nitrogens with one attached hydrogen (secondary N) is 1. The van der Waals surface area contributed by atoms with E-state index in [1.165, 1.54) is 0 Å². The van der Waals surface area contributed by atoms with Crippen LogP contribution in [0.5, 0.6) is 0 Å². The fourth-order valence-corrected chi connectivity index (χ4v) is 1.50. The molecule has 0 radical (unpaired) electrons. The molecule has 1 aromatic rings. The molecule has 0 fully saturated rings.